The number of anilines is 1. The Labute approximate surface area is 210 Å². The molecule has 2 aromatic carbocycles. The van der Waals surface area contributed by atoms with Crippen LogP contribution in [0.4, 0.5) is 5.69 Å². The normalized spacial score (nSPS) is 13.7. The quantitative estimate of drug-likeness (QED) is 0.301. The Morgan fingerprint density at radius 1 is 1.14 bits per heavy atom. The number of rotatable bonds is 8. The highest BCUT2D eigenvalue weighted by molar-refractivity contribution is 5.96. The average Bonchev–Trinajstić information content (AvgIpc) is 3.56. The molecule has 4 aromatic rings. The van der Waals surface area contributed by atoms with E-state index in [1.165, 1.54) is 0 Å². The smallest absolute Gasteiger partial charge is 0.251 e. The molecule has 0 saturated heterocycles. The maximum atomic E-state index is 12.6. The number of aliphatic hydroxyl groups excluding tert-OH is 1. The summed E-state index contributed by atoms with van der Waals surface area (Å²) >= 11 is 0. The Morgan fingerprint density at radius 3 is 2.64 bits per heavy atom. The summed E-state index contributed by atoms with van der Waals surface area (Å²) < 4.78 is 1.78. The molecule has 1 fully saturated rings. The molecule has 0 unspecified atom stereocenters. The topological polar surface area (TPSA) is 112 Å². The van der Waals surface area contributed by atoms with E-state index in [0.29, 0.717) is 29.5 Å². The van der Waals surface area contributed by atoms with Gasteiger partial charge in [0.1, 0.15) is 0 Å². The van der Waals surface area contributed by atoms with Crippen molar-refractivity contribution < 1.29 is 15.0 Å². The van der Waals surface area contributed by atoms with E-state index in [-0.39, 0.29) is 12.5 Å². The zero-order valence-corrected chi connectivity index (χ0v) is 20.7. The first-order chi connectivity index (χ1) is 17.2. The predicted molar refractivity (Wildman–Crippen MR) is 140 cm³/mol. The number of imidazole rings is 1. The van der Waals surface area contributed by atoms with E-state index >= 15 is 0 Å². The summed E-state index contributed by atoms with van der Waals surface area (Å²) in [6.45, 7) is 5.69. The summed E-state index contributed by atoms with van der Waals surface area (Å²) in [6, 6.07) is 15.6. The summed E-state index contributed by atoms with van der Waals surface area (Å²) in [5, 5.41) is 31.1. The fourth-order valence-electron chi connectivity index (χ4n) is 4.15. The molecular formula is C28H31N5O3. The van der Waals surface area contributed by atoms with Crippen LogP contribution < -0.4 is 10.6 Å². The van der Waals surface area contributed by atoms with Crippen molar-refractivity contribution in [1.29, 1.82) is 0 Å². The molecule has 0 radical (unpaired) electrons. The number of aliphatic hydroxyl groups is 2. The number of carbonyl (C=O) groups excluding carboxylic acids is 1. The highest BCUT2D eigenvalue weighted by Gasteiger charge is 2.24. The summed E-state index contributed by atoms with van der Waals surface area (Å²) in [4.78, 5) is 17.2. The SMILES string of the molecule is Cc1cc(-c2cnc3c(NCC(C)(C)O)cc(-c4cccc(CO)c4)nn23)ccc1C(=O)NC1CC1. The second-order valence-electron chi connectivity index (χ2n) is 10.1. The van der Waals surface area contributed by atoms with Gasteiger partial charge in [-0.25, -0.2) is 9.50 Å². The van der Waals surface area contributed by atoms with Crippen LogP contribution >= 0.6 is 0 Å². The van der Waals surface area contributed by atoms with Gasteiger partial charge in [-0.2, -0.15) is 5.10 Å². The molecule has 4 N–H and O–H groups in total. The molecule has 1 aliphatic carbocycles. The van der Waals surface area contributed by atoms with Gasteiger partial charge in [-0.15, -0.1) is 0 Å². The van der Waals surface area contributed by atoms with Gasteiger partial charge < -0.3 is 20.8 Å². The lowest BCUT2D eigenvalue weighted by atomic mass is 10.0. The van der Waals surface area contributed by atoms with Crippen LogP contribution in [0.1, 0.15) is 48.2 Å². The molecule has 1 amide bonds. The van der Waals surface area contributed by atoms with Gasteiger partial charge in [0.15, 0.2) is 5.65 Å². The van der Waals surface area contributed by atoms with Crippen LogP contribution in [0.3, 0.4) is 0 Å². The lowest BCUT2D eigenvalue weighted by Crippen LogP contribution is -2.29. The number of amides is 1. The highest BCUT2D eigenvalue weighted by atomic mass is 16.3. The van der Waals surface area contributed by atoms with Crippen molar-refractivity contribution in [1.82, 2.24) is 19.9 Å². The third-order valence-electron chi connectivity index (χ3n) is 6.26. The Morgan fingerprint density at radius 2 is 1.94 bits per heavy atom. The number of nitrogens with zero attached hydrogens (tertiary/aromatic N) is 3. The van der Waals surface area contributed by atoms with E-state index in [4.69, 9.17) is 5.10 Å². The van der Waals surface area contributed by atoms with Gasteiger partial charge in [-0.3, -0.25) is 4.79 Å². The number of benzene rings is 2. The predicted octanol–water partition coefficient (Wildman–Crippen LogP) is 3.94. The third kappa shape index (κ3) is 5.10. The number of aryl methyl sites for hydroxylation is 1. The number of carbonyl (C=O) groups is 1. The van der Waals surface area contributed by atoms with Crippen molar-refractivity contribution in [3.8, 4) is 22.5 Å². The maximum Gasteiger partial charge on any atom is 0.251 e. The monoisotopic (exact) mass is 485 g/mol. The Kier molecular flexibility index (Phi) is 6.24. The molecule has 36 heavy (non-hydrogen) atoms. The van der Waals surface area contributed by atoms with Crippen LogP contribution in [-0.4, -0.2) is 48.9 Å². The molecule has 0 atom stereocenters. The number of hydrogen-bond acceptors (Lipinski definition) is 6. The molecule has 8 nitrogen and oxygen atoms in total. The van der Waals surface area contributed by atoms with E-state index < -0.39 is 5.60 Å². The summed E-state index contributed by atoms with van der Waals surface area (Å²) in [5.74, 6) is -0.0398. The first kappa shape index (κ1) is 24.0. The highest BCUT2D eigenvalue weighted by Crippen LogP contribution is 2.30. The third-order valence-corrected chi connectivity index (χ3v) is 6.26. The van der Waals surface area contributed by atoms with E-state index in [1.807, 2.05) is 55.5 Å². The molecule has 1 aliphatic rings. The van der Waals surface area contributed by atoms with Crippen molar-refractivity contribution >= 4 is 17.2 Å². The Hall–Kier alpha value is -3.75. The zero-order chi connectivity index (χ0) is 25.4. The number of nitrogens with one attached hydrogen (secondary N) is 2. The number of fused-ring (bicyclic) bond motifs is 1. The van der Waals surface area contributed by atoms with Gasteiger partial charge in [0, 0.05) is 29.3 Å². The molecule has 2 aromatic heterocycles. The maximum absolute atomic E-state index is 12.6. The fourth-order valence-corrected chi connectivity index (χ4v) is 4.15. The largest absolute Gasteiger partial charge is 0.392 e. The molecular weight excluding hydrogens is 454 g/mol. The Bertz CT molecular complexity index is 1430. The van der Waals surface area contributed by atoms with Crippen molar-refractivity contribution in [2.45, 2.75) is 51.9 Å². The minimum absolute atomic E-state index is 0.0398. The van der Waals surface area contributed by atoms with E-state index in [9.17, 15) is 15.0 Å². The standard InChI is InChI=1S/C28H31N5O3/c1-17-11-20(7-10-22(17)27(35)31-21-8-9-21)25-14-29-26-24(30-16-28(2,3)36)13-23(32-33(25)26)19-6-4-5-18(12-19)15-34/h4-7,10-14,21,30,34,36H,8-9,15-16H2,1-3H3,(H,31,35). The summed E-state index contributed by atoms with van der Waals surface area (Å²) in [5.41, 5.74) is 6.03. The van der Waals surface area contributed by atoms with Crippen molar-refractivity contribution in [2.75, 3.05) is 11.9 Å². The zero-order valence-electron chi connectivity index (χ0n) is 20.7. The molecule has 2 heterocycles. The van der Waals surface area contributed by atoms with E-state index in [1.54, 1.807) is 24.6 Å². The molecule has 1 saturated carbocycles. The second-order valence-corrected chi connectivity index (χ2v) is 10.1. The van der Waals surface area contributed by atoms with Crippen LogP contribution in [0.15, 0.2) is 54.7 Å². The molecule has 0 spiro atoms. The lowest BCUT2D eigenvalue weighted by Gasteiger charge is -2.19. The second kappa shape index (κ2) is 9.37. The first-order valence-electron chi connectivity index (χ1n) is 12.2. The van der Waals surface area contributed by atoms with Crippen LogP contribution in [0, 0.1) is 6.92 Å². The van der Waals surface area contributed by atoms with Crippen LogP contribution in [0.25, 0.3) is 28.2 Å². The number of aromatic nitrogens is 3. The molecule has 0 bridgehead atoms. The van der Waals surface area contributed by atoms with Gasteiger partial charge in [-0.05, 0) is 69.0 Å². The molecule has 5 rings (SSSR count). The van der Waals surface area contributed by atoms with E-state index in [0.717, 1.165) is 46.5 Å². The van der Waals surface area contributed by atoms with Gasteiger partial charge in [0.05, 0.1) is 35.5 Å². The molecule has 8 heteroatoms. The average molecular weight is 486 g/mol. The van der Waals surface area contributed by atoms with Gasteiger partial charge in [-0.1, -0.05) is 24.3 Å². The molecule has 0 aliphatic heterocycles. The van der Waals surface area contributed by atoms with Gasteiger partial charge >= 0.3 is 0 Å². The Balaban J connectivity index is 1.59. The molecule has 186 valence electrons. The van der Waals surface area contributed by atoms with Gasteiger partial charge in [0.2, 0.25) is 0 Å². The lowest BCUT2D eigenvalue weighted by molar-refractivity contribution is 0.0940. The van der Waals surface area contributed by atoms with Crippen LogP contribution in [0.5, 0.6) is 0 Å². The van der Waals surface area contributed by atoms with Crippen molar-refractivity contribution in [3.05, 3.63) is 71.4 Å². The summed E-state index contributed by atoms with van der Waals surface area (Å²) in [7, 11) is 0. The van der Waals surface area contributed by atoms with Crippen LogP contribution in [-0.2, 0) is 6.61 Å². The van der Waals surface area contributed by atoms with E-state index in [2.05, 4.69) is 15.6 Å². The van der Waals surface area contributed by atoms with Crippen molar-refractivity contribution in [3.63, 3.8) is 0 Å². The first-order valence-corrected chi connectivity index (χ1v) is 12.2. The summed E-state index contributed by atoms with van der Waals surface area (Å²) in [6.07, 6.45) is 3.86. The number of hydrogen-bond donors (Lipinski definition) is 4. The van der Waals surface area contributed by atoms with Crippen LogP contribution in [0.2, 0.25) is 0 Å². The fraction of sp³-hybridized carbons (Fsp3) is 0.321. The minimum Gasteiger partial charge on any atom is -0.392 e. The van der Waals surface area contributed by atoms with Crippen molar-refractivity contribution in [2.24, 2.45) is 0 Å². The minimum atomic E-state index is -0.916. The van der Waals surface area contributed by atoms with Gasteiger partial charge in [0.25, 0.3) is 5.91 Å².